The first kappa shape index (κ1) is 39.4. The third-order valence-electron chi connectivity index (χ3n) is 7.94. The van der Waals surface area contributed by atoms with Gasteiger partial charge in [0, 0.05) is 0 Å². The van der Waals surface area contributed by atoms with Gasteiger partial charge in [-0.3, -0.25) is 0 Å². The van der Waals surface area contributed by atoms with Crippen LogP contribution in [0.15, 0.2) is 36.4 Å². The minimum atomic E-state index is -1.39. The summed E-state index contributed by atoms with van der Waals surface area (Å²) < 4.78 is 10.4. The van der Waals surface area contributed by atoms with Crippen molar-refractivity contribution in [3.63, 3.8) is 0 Å². The van der Waals surface area contributed by atoms with E-state index in [1.165, 1.54) is 62.8 Å². The van der Waals surface area contributed by atoms with Gasteiger partial charge in [-0.05, 0) is 49.2 Å². The molecule has 2 rings (SSSR count). The maximum atomic E-state index is 12.3. The van der Waals surface area contributed by atoms with Gasteiger partial charge in [0.2, 0.25) is 0 Å². The van der Waals surface area contributed by atoms with E-state index in [1.54, 1.807) is 0 Å². The third-order valence-corrected chi connectivity index (χ3v) is 7.94. The highest BCUT2D eigenvalue weighted by atomic mass is 16.5. The van der Waals surface area contributed by atoms with Gasteiger partial charge in [-0.1, -0.05) is 89.9 Å². The molecule has 0 heterocycles. The summed E-state index contributed by atoms with van der Waals surface area (Å²) in [7, 11) is 0. The lowest BCUT2D eigenvalue weighted by atomic mass is 10.0. The summed E-state index contributed by atoms with van der Waals surface area (Å²) in [4.78, 5) is 69.4. The van der Waals surface area contributed by atoms with Gasteiger partial charge in [0.1, 0.15) is 0 Å². The Bertz CT molecular complexity index is 1290. The molecule has 12 heteroatoms. The number of carboxylic acids is 4. The van der Waals surface area contributed by atoms with Gasteiger partial charge in [0.05, 0.1) is 46.6 Å². The Morgan fingerprint density at radius 1 is 0.375 bits per heavy atom. The molecule has 0 fully saturated rings. The summed E-state index contributed by atoms with van der Waals surface area (Å²) in [5.74, 6) is -6.87. The number of benzene rings is 2. The average molecular weight is 671 g/mol. The number of hydrogen-bond acceptors (Lipinski definition) is 8. The Labute approximate surface area is 280 Å². The minimum absolute atomic E-state index is 0.159. The molecule has 0 atom stereocenters. The minimum Gasteiger partial charge on any atom is -0.478 e. The number of aromatic carboxylic acids is 4. The summed E-state index contributed by atoms with van der Waals surface area (Å²) in [5, 5.41) is 36.6. The van der Waals surface area contributed by atoms with Crippen molar-refractivity contribution >= 4 is 35.8 Å². The number of unbranched alkanes of at least 4 members (excludes halogenated alkanes) is 15. The fourth-order valence-corrected chi connectivity index (χ4v) is 5.23. The Balaban J connectivity index is 1.39. The van der Waals surface area contributed by atoms with Crippen LogP contribution in [-0.2, 0) is 9.47 Å². The number of carboxylic acid groups (broad SMARTS) is 4. The van der Waals surface area contributed by atoms with Crippen LogP contribution in [0.2, 0.25) is 0 Å². The first-order valence-electron chi connectivity index (χ1n) is 16.6. The molecule has 4 N–H and O–H groups in total. The number of carbonyl (C=O) groups is 6. The summed E-state index contributed by atoms with van der Waals surface area (Å²) >= 11 is 0. The van der Waals surface area contributed by atoms with Crippen molar-refractivity contribution in [2.24, 2.45) is 0 Å². The molecule has 262 valence electrons. The molecule has 48 heavy (non-hydrogen) atoms. The van der Waals surface area contributed by atoms with Gasteiger partial charge in [0.25, 0.3) is 0 Å². The van der Waals surface area contributed by atoms with E-state index in [4.69, 9.17) is 19.7 Å². The van der Waals surface area contributed by atoms with Crippen molar-refractivity contribution in [2.45, 2.75) is 103 Å². The van der Waals surface area contributed by atoms with Crippen LogP contribution in [0, 0.1) is 0 Å². The van der Waals surface area contributed by atoms with Crippen LogP contribution >= 0.6 is 0 Å². The van der Waals surface area contributed by atoms with E-state index >= 15 is 0 Å². The zero-order valence-corrected chi connectivity index (χ0v) is 27.2. The van der Waals surface area contributed by atoms with Crippen LogP contribution in [0.3, 0.4) is 0 Å². The van der Waals surface area contributed by atoms with E-state index in [1.807, 2.05) is 0 Å². The largest absolute Gasteiger partial charge is 0.478 e. The summed E-state index contributed by atoms with van der Waals surface area (Å²) in [6.45, 7) is 0.359. The second-order valence-corrected chi connectivity index (χ2v) is 11.7. The Morgan fingerprint density at radius 3 is 0.896 bits per heavy atom. The summed E-state index contributed by atoms with van der Waals surface area (Å²) in [5.41, 5.74) is -1.52. The van der Waals surface area contributed by atoms with E-state index < -0.39 is 46.9 Å². The molecule has 0 aromatic heterocycles. The molecule has 2 aromatic carbocycles. The maximum Gasteiger partial charge on any atom is 0.339 e. The standard InChI is InChI=1S/C36H46O12/c37-31(38)25-17-19-27(29(23-25)33(41)42)35(45)47-21-15-13-11-9-7-5-3-1-2-4-6-8-10-12-14-16-22-48-36(46)28-20-18-26(32(39)40)24-30(28)34(43)44/h17-20,23-24H,1-16,21-22H2,(H,37,38)(H,39,40)(H,41,42)(H,43,44). The molecule has 0 amide bonds. The normalized spacial score (nSPS) is 10.8. The molecule has 2 aromatic rings. The van der Waals surface area contributed by atoms with E-state index in [-0.39, 0.29) is 35.5 Å². The monoisotopic (exact) mass is 670 g/mol. The molecule has 0 aliphatic carbocycles. The first-order chi connectivity index (χ1) is 23.0. The molecule has 0 saturated heterocycles. The molecule has 0 bridgehead atoms. The van der Waals surface area contributed by atoms with Gasteiger partial charge in [-0.25, -0.2) is 28.8 Å². The van der Waals surface area contributed by atoms with Crippen molar-refractivity contribution in [1.82, 2.24) is 0 Å². The number of ether oxygens (including phenoxy) is 2. The molecular weight excluding hydrogens is 624 g/mol. The van der Waals surface area contributed by atoms with Crippen LogP contribution < -0.4 is 0 Å². The Hall–Kier alpha value is -4.74. The van der Waals surface area contributed by atoms with Crippen molar-refractivity contribution in [1.29, 1.82) is 0 Å². The molecule has 0 saturated carbocycles. The fraction of sp³-hybridized carbons (Fsp3) is 0.500. The predicted molar refractivity (Wildman–Crippen MR) is 175 cm³/mol. The average Bonchev–Trinajstić information content (AvgIpc) is 3.06. The van der Waals surface area contributed by atoms with Crippen LogP contribution in [0.1, 0.15) is 165 Å². The highest BCUT2D eigenvalue weighted by Crippen LogP contribution is 2.17. The number of carbonyl (C=O) groups excluding carboxylic acids is 2. The van der Waals surface area contributed by atoms with Crippen LogP contribution in [0.25, 0.3) is 0 Å². The maximum absolute atomic E-state index is 12.3. The molecular formula is C36H46O12. The van der Waals surface area contributed by atoms with Crippen molar-refractivity contribution < 1.29 is 58.7 Å². The Kier molecular flexibility index (Phi) is 18.0. The van der Waals surface area contributed by atoms with Gasteiger partial charge < -0.3 is 29.9 Å². The van der Waals surface area contributed by atoms with E-state index in [2.05, 4.69) is 0 Å². The molecule has 0 aliphatic rings. The second kappa shape index (κ2) is 21.9. The van der Waals surface area contributed by atoms with E-state index in [0.29, 0.717) is 12.8 Å². The van der Waals surface area contributed by atoms with Gasteiger partial charge >= 0.3 is 35.8 Å². The number of esters is 2. The van der Waals surface area contributed by atoms with Crippen molar-refractivity contribution in [2.75, 3.05) is 13.2 Å². The smallest absolute Gasteiger partial charge is 0.339 e. The third kappa shape index (κ3) is 14.4. The van der Waals surface area contributed by atoms with Gasteiger partial charge in [0.15, 0.2) is 0 Å². The molecule has 12 nitrogen and oxygen atoms in total. The lowest BCUT2D eigenvalue weighted by Crippen LogP contribution is -2.13. The second-order valence-electron chi connectivity index (χ2n) is 11.7. The molecule has 0 unspecified atom stereocenters. The molecule has 0 radical (unpaired) electrons. The predicted octanol–water partition coefficient (Wildman–Crippen LogP) is 7.73. The highest BCUT2D eigenvalue weighted by Gasteiger charge is 2.21. The van der Waals surface area contributed by atoms with Crippen LogP contribution in [-0.4, -0.2) is 69.5 Å². The molecule has 0 aliphatic heterocycles. The van der Waals surface area contributed by atoms with E-state index in [0.717, 1.165) is 63.5 Å². The zero-order valence-electron chi connectivity index (χ0n) is 27.2. The van der Waals surface area contributed by atoms with Crippen molar-refractivity contribution in [3.8, 4) is 0 Å². The lowest BCUT2D eigenvalue weighted by molar-refractivity contribution is 0.0481. The fourth-order valence-electron chi connectivity index (χ4n) is 5.23. The number of hydrogen-bond donors (Lipinski definition) is 4. The summed E-state index contributed by atoms with van der Waals surface area (Å²) in [6, 6.07) is 6.61. The van der Waals surface area contributed by atoms with Gasteiger partial charge in [-0.2, -0.15) is 0 Å². The highest BCUT2D eigenvalue weighted by molar-refractivity contribution is 6.05. The van der Waals surface area contributed by atoms with Crippen molar-refractivity contribution in [3.05, 3.63) is 69.8 Å². The SMILES string of the molecule is O=C(O)c1ccc(C(=O)OCCCCCCCCCCCCCCCCCCOC(=O)c2ccc(C(=O)O)cc2C(=O)O)c(C(=O)O)c1. The first-order valence-corrected chi connectivity index (χ1v) is 16.6. The zero-order chi connectivity index (χ0) is 35.3. The van der Waals surface area contributed by atoms with E-state index in [9.17, 15) is 39.0 Å². The van der Waals surface area contributed by atoms with Crippen LogP contribution in [0.4, 0.5) is 0 Å². The van der Waals surface area contributed by atoms with Gasteiger partial charge in [-0.15, -0.1) is 0 Å². The van der Waals surface area contributed by atoms with Crippen LogP contribution in [0.5, 0.6) is 0 Å². The molecule has 0 spiro atoms. The summed E-state index contributed by atoms with van der Waals surface area (Å²) in [6.07, 6.45) is 17.0. The Morgan fingerprint density at radius 2 is 0.646 bits per heavy atom. The topological polar surface area (TPSA) is 202 Å². The quantitative estimate of drug-likeness (QED) is 0.0592. The lowest BCUT2D eigenvalue weighted by Gasteiger charge is -2.08. The number of rotatable bonds is 25.